The van der Waals surface area contributed by atoms with Crippen LogP contribution in [-0.4, -0.2) is 92.8 Å². The molecule has 0 saturated carbocycles. The second kappa shape index (κ2) is 23.2. The number of methoxy groups -OCH3 is 2. The predicted octanol–water partition coefficient (Wildman–Crippen LogP) is 10.2. The molecule has 63 heavy (non-hydrogen) atoms. The first kappa shape index (κ1) is 46.9. The maximum Gasteiger partial charge on any atom is 0.170 e. The number of benzene rings is 4. The number of rotatable bonds is 15. The topological polar surface area (TPSA) is 138 Å². The molecule has 0 spiro atoms. The number of piperidine rings is 2. The van der Waals surface area contributed by atoms with Crippen LogP contribution in [0.1, 0.15) is 96.3 Å². The van der Waals surface area contributed by atoms with Crippen LogP contribution < -0.4 is 24.3 Å². The summed E-state index contributed by atoms with van der Waals surface area (Å²) in [6.45, 7) is 9.11. The molecule has 0 aliphatic carbocycles. The fraction of sp³-hybridized carbons (Fsp3) is 0.417. The SMILES string of the molecule is COc1cc(C(C)=O)ccc1OCCCCl.COc1cc(C(C)=O)ccc1OCCCN1CCC(c2noc3cc(F)ccc23)CC1.Fc1ccc2c(C3CCNCC3)noc2c1. The van der Waals surface area contributed by atoms with Crippen molar-refractivity contribution in [3.63, 3.8) is 0 Å². The molecular weight excluding hydrogens is 834 g/mol. The van der Waals surface area contributed by atoms with E-state index in [1.54, 1.807) is 62.8 Å². The Morgan fingerprint density at radius 3 is 1.62 bits per heavy atom. The van der Waals surface area contributed by atoms with Gasteiger partial charge in [-0.3, -0.25) is 9.59 Å². The van der Waals surface area contributed by atoms with Crippen LogP contribution >= 0.6 is 11.6 Å². The van der Waals surface area contributed by atoms with Gasteiger partial charge in [-0.15, -0.1) is 11.6 Å². The van der Waals surface area contributed by atoms with Crippen LogP contribution in [-0.2, 0) is 0 Å². The minimum absolute atomic E-state index is 0.000894. The molecule has 0 amide bonds. The number of likely N-dealkylation sites (tertiary alicyclic amines) is 1. The van der Waals surface area contributed by atoms with Crippen molar-refractivity contribution in [2.75, 3.05) is 66.0 Å². The van der Waals surface area contributed by atoms with Crippen molar-refractivity contribution in [1.29, 1.82) is 0 Å². The second-order valence-electron chi connectivity index (χ2n) is 15.5. The van der Waals surface area contributed by atoms with E-state index >= 15 is 0 Å². The van der Waals surface area contributed by atoms with Gasteiger partial charge in [0.05, 0.1) is 38.8 Å². The Balaban J connectivity index is 0.000000173. The summed E-state index contributed by atoms with van der Waals surface area (Å²) in [4.78, 5) is 25.1. The van der Waals surface area contributed by atoms with Crippen LogP contribution in [0.2, 0.25) is 0 Å². The zero-order valence-corrected chi connectivity index (χ0v) is 37.0. The summed E-state index contributed by atoms with van der Waals surface area (Å²) in [7, 11) is 3.12. The van der Waals surface area contributed by atoms with Crippen LogP contribution in [0.5, 0.6) is 23.0 Å². The summed E-state index contributed by atoms with van der Waals surface area (Å²) in [5.74, 6) is 3.20. The number of nitrogens with one attached hydrogen (secondary N) is 1. The summed E-state index contributed by atoms with van der Waals surface area (Å²) >= 11 is 5.55. The normalized spacial score (nSPS) is 14.7. The van der Waals surface area contributed by atoms with Crippen molar-refractivity contribution < 1.29 is 46.4 Å². The number of halogens is 3. The van der Waals surface area contributed by atoms with Crippen molar-refractivity contribution in [1.82, 2.24) is 20.5 Å². The highest BCUT2D eigenvalue weighted by Crippen LogP contribution is 2.34. The number of ketones is 2. The van der Waals surface area contributed by atoms with Crippen molar-refractivity contribution in [3.05, 3.63) is 107 Å². The quantitative estimate of drug-likeness (QED) is 0.0597. The Kier molecular flexibility index (Phi) is 17.3. The number of ether oxygens (including phenoxy) is 4. The molecule has 6 aromatic rings. The first-order valence-corrected chi connectivity index (χ1v) is 21.8. The van der Waals surface area contributed by atoms with Gasteiger partial charge in [-0.2, -0.15) is 0 Å². The van der Waals surface area contributed by atoms with Gasteiger partial charge in [-0.1, -0.05) is 10.3 Å². The van der Waals surface area contributed by atoms with Gasteiger partial charge < -0.3 is 38.2 Å². The largest absolute Gasteiger partial charge is 0.493 e. The monoisotopic (exact) mass is 888 g/mol. The van der Waals surface area contributed by atoms with Gasteiger partial charge in [0.2, 0.25) is 0 Å². The molecule has 2 saturated heterocycles. The molecule has 8 rings (SSSR count). The number of carbonyl (C=O) groups is 2. The van der Waals surface area contributed by atoms with Gasteiger partial charge in [0.1, 0.15) is 11.6 Å². The molecule has 15 heteroatoms. The fourth-order valence-electron chi connectivity index (χ4n) is 7.69. The lowest BCUT2D eigenvalue weighted by Gasteiger charge is -2.31. The maximum absolute atomic E-state index is 13.4. The first-order valence-electron chi connectivity index (χ1n) is 21.3. The smallest absolute Gasteiger partial charge is 0.170 e. The molecule has 2 aliphatic rings. The van der Waals surface area contributed by atoms with Gasteiger partial charge in [-0.05, 0) is 139 Å². The molecule has 0 radical (unpaired) electrons. The van der Waals surface area contributed by atoms with E-state index in [-0.39, 0.29) is 23.2 Å². The van der Waals surface area contributed by atoms with Gasteiger partial charge in [0.15, 0.2) is 45.7 Å². The lowest BCUT2D eigenvalue weighted by atomic mass is 9.91. The third-order valence-corrected chi connectivity index (χ3v) is 11.4. The number of fused-ring (bicyclic) bond motifs is 2. The van der Waals surface area contributed by atoms with Crippen LogP contribution in [0.4, 0.5) is 8.78 Å². The highest BCUT2D eigenvalue weighted by molar-refractivity contribution is 6.17. The van der Waals surface area contributed by atoms with Crippen LogP contribution in [0.25, 0.3) is 21.9 Å². The average molecular weight is 889 g/mol. The number of aromatic nitrogens is 2. The van der Waals surface area contributed by atoms with E-state index in [9.17, 15) is 18.4 Å². The van der Waals surface area contributed by atoms with E-state index < -0.39 is 0 Å². The molecule has 2 fully saturated rings. The van der Waals surface area contributed by atoms with Crippen molar-refractivity contribution in [3.8, 4) is 23.0 Å². The molecule has 4 aromatic carbocycles. The van der Waals surface area contributed by atoms with E-state index in [0.717, 1.165) is 93.4 Å². The lowest BCUT2D eigenvalue weighted by Crippen LogP contribution is -2.34. The fourth-order valence-corrected chi connectivity index (χ4v) is 7.80. The first-order chi connectivity index (χ1) is 30.6. The molecule has 2 aliphatic heterocycles. The minimum Gasteiger partial charge on any atom is -0.493 e. The number of carbonyl (C=O) groups excluding carboxylic acids is 2. The molecule has 12 nitrogen and oxygen atoms in total. The summed E-state index contributed by atoms with van der Waals surface area (Å²) in [6.07, 6.45) is 5.81. The van der Waals surface area contributed by atoms with Gasteiger partial charge in [-0.25, -0.2) is 8.78 Å². The Bertz CT molecular complexity index is 2430. The molecule has 1 N–H and O–H groups in total. The van der Waals surface area contributed by atoms with E-state index in [2.05, 4.69) is 20.5 Å². The number of hydrogen-bond donors (Lipinski definition) is 1. The Morgan fingerprint density at radius 1 is 0.683 bits per heavy atom. The maximum atomic E-state index is 13.4. The highest BCUT2D eigenvalue weighted by atomic mass is 35.5. The average Bonchev–Trinajstić information content (AvgIpc) is 3.92. The van der Waals surface area contributed by atoms with Crippen molar-refractivity contribution in [2.45, 2.75) is 64.2 Å². The highest BCUT2D eigenvalue weighted by Gasteiger charge is 2.25. The Labute approximate surface area is 371 Å². The Morgan fingerprint density at radius 2 is 1.16 bits per heavy atom. The van der Waals surface area contributed by atoms with E-state index in [1.807, 2.05) is 0 Å². The Hall–Kier alpha value is -5.57. The minimum atomic E-state index is -0.306. The van der Waals surface area contributed by atoms with E-state index in [0.29, 0.717) is 76.2 Å². The van der Waals surface area contributed by atoms with Crippen molar-refractivity contribution >= 4 is 45.1 Å². The number of Topliss-reactive ketones (excluding diaryl/α,β-unsaturated/α-hetero) is 2. The van der Waals surface area contributed by atoms with Gasteiger partial charge in [0.25, 0.3) is 0 Å². The zero-order valence-electron chi connectivity index (χ0n) is 36.2. The molecular formula is C48H55ClF2N4O8. The molecule has 336 valence electrons. The molecule has 0 unspecified atom stereocenters. The van der Waals surface area contributed by atoms with Crippen LogP contribution in [0.15, 0.2) is 81.8 Å². The standard InChI is InChI=1S/C24H27FN2O4.C12H15ClO3.C12H13FN2O/c1-16(28)18-4-7-21(23(14-18)29-2)30-13-3-10-27-11-8-17(9-12-27)24-20-6-5-19(25)15-22(20)31-26-24;1-9(14)10-4-5-11(12(8-10)15-2)16-7-3-6-13;13-9-1-2-10-11(7-9)16-15-12(10)8-3-5-14-6-4-8/h4-7,14-15,17H,3,8-13H2,1-2H3;4-5,8H,3,6-7H2,1-2H3;1-2,7-8,14H,3-6H2. The van der Waals surface area contributed by atoms with Crippen LogP contribution in [0, 0.1) is 11.6 Å². The number of nitrogens with zero attached hydrogens (tertiary/aromatic N) is 3. The molecule has 0 atom stereocenters. The third-order valence-electron chi connectivity index (χ3n) is 11.2. The van der Waals surface area contributed by atoms with E-state index in [4.69, 9.17) is 39.6 Å². The van der Waals surface area contributed by atoms with Crippen molar-refractivity contribution in [2.24, 2.45) is 0 Å². The molecule has 2 aromatic heterocycles. The summed E-state index contributed by atoms with van der Waals surface area (Å²) in [6, 6.07) is 19.6. The number of alkyl halides is 1. The second-order valence-corrected chi connectivity index (χ2v) is 15.9. The summed E-state index contributed by atoms with van der Waals surface area (Å²) < 4.78 is 58.7. The predicted molar refractivity (Wildman–Crippen MR) is 238 cm³/mol. The van der Waals surface area contributed by atoms with Gasteiger partial charge in [0, 0.05) is 58.3 Å². The lowest BCUT2D eigenvalue weighted by molar-refractivity contribution is 0.100. The zero-order chi connectivity index (χ0) is 44.7. The van der Waals surface area contributed by atoms with Gasteiger partial charge >= 0.3 is 0 Å². The van der Waals surface area contributed by atoms with E-state index in [1.165, 1.54) is 38.1 Å². The van der Waals surface area contributed by atoms with Crippen LogP contribution in [0.3, 0.4) is 0 Å². The molecule has 0 bridgehead atoms. The summed E-state index contributed by atoms with van der Waals surface area (Å²) in [5, 5.41) is 13.5. The molecule has 4 heterocycles. The number of hydrogen-bond acceptors (Lipinski definition) is 12. The third kappa shape index (κ3) is 12.8. The summed E-state index contributed by atoms with van der Waals surface area (Å²) in [5.41, 5.74) is 4.21.